The number of benzene rings is 1. The molecule has 0 spiro atoms. The topological polar surface area (TPSA) is 80.1 Å². The lowest BCUT2D eigenvalue weighted by atomic mass is 9.82. The Kier molecular flexibility index (Phi) is 4.97. The minimum absolute atomic E-state index is 0.485. The smallest absolute Gasteiger partial charge is 0.183 e. The monoisotopic (exact) mass is 391 g/mol. The van der Waals surface area contributed by atoms with Crippen molar-refractivity contribution in [1.29, 1.82) is 0 Å². The predicted octanol–water partition coefficient (Wildman–Crippen LogP) is 3.87. The van der Waals surface area contributed by atoms with E-state index in [1.165, 1.54) is 36.8 Å². The molecular weight excluding hydrogens is 362 g/mol. The lowest BCUT2D eigenvalue weighted by Crippen LogP contribution is -2.44. The Morgan fingerprint density at radius 2 is 1.79 bits per heavy atom. The number of aromatic amines is 1. The van der Waals surface area contributed by atoms with Gasteiger partial charge in [0.15, 0.2) is 5.65 Å². The lowest BCUT2D eigenvalue weighted by molar-refractivity contribution is 0.00721. The standard InChI is InChI=1S/C23H29N5O/c1-15-2-4-16(5-3-15)19-14-20(25-23-21(19)22(24)26-27-23)17-6-8-18(9-7-17)28-10-12-29-13-11-28/h2-5,14,17-18H,6-13H2,1H3,(H3,24,25,26,27). The van der Waals surface area contributed by atoms with E-state index in [-0.39, 0.29) is 0 Å². The average molecular weight is 392 g/mol. The van der Waals surface area contributed by atoms with Crippen molar-refractivity contribution in [3.05, 3.63) is 41.6 Å². The first-order chi connectivity index (χ1) is 14.2. The first kappa shape index (κ1) is 18.6. The Bertz CT molecular complexity index is 982. The average Bonchev–Trinajstić information content (AvgIpc) is 3.15. The molecule has 0 amide bonds. The number of nitrogen functional groups attached to an aromatic ring is 1. The first-order valence-electron chi connectivity index (χ1n) is 10.7. The fourth-order valence-electron chi connectivity index (χ4n) is 4.92. The minimum atomic E-state index is 0.485. The molecule has 1 aromatic carbocycles. The molecule has 3 aromatic rings. The highest BCUT2D eigenvalue weighted by atomic mass is 16.5. The molecule has 5 rings (SSSR count). The number of hydrogen-bond donors (Lipinski definition) is 2. The van der Waals surface area contributed by atoms with Crippen LogP contribution in [0.3, 0.4) is 0 Å². The van der Waals surface area contributed by atoms with E-state index in [9.17, 15) is 0 Å². The van der Waals surface area contributed by atoms with Crippen molar-refractivity contribution in [1.82, 2.24) is 20.1 Å². The number of anilines is 1. The van der Waals surface area contributed by atoms with Crippen LogP contribution in [-0.4, -0.2) is 52.4 Å². The molecule has 1 aliphatic carbocycles. The molecule has 0 bridgehead atoms. The fraction of sp³-hybridized carbons (Fsp3) is 0.478. The second kappa shape index (κ2) is 7.76. The number of hydrogen-bond acceptors (Lipinski definition) is 5. The number of nitrogens with zero attached hydrogens (tertiary/aromatic N) is 3. The lowest BCUT2D eigenvalue weighted by Gasteiger charge is -2.38. The highest BCUT2D eigenvalue weighted by Gasteiger charge is 2.29. The summed E-state index contributed by atoms with van der Waals surface area (Å²) < 4.78 is 5.51. The molecule has 2 aromatic heterocycles. The zero-order valence-electron chi connectivity index (χ0n) is 17.0. The largest absolute Gasteiger partial charge is 0.383 e. The van der Waals surface area contributed by atoms with Gasteiger partial charge in [-0.15, -0.1) is 0 Å². The number of aromatic nitrogens is 3. The van der Waals surface area contributed by atoms with E-state index < -0.39 is 0 Å². The Balaban J connectivity index is 1.43. The summed E-state index contributed by atoms with van der Waals surface area (Å²) in [5.41, 5.74) is 11.6. The third-order valence-corrected chi connectivity index (χ3v) is 6.61. The molecule has 0 atom stereocenters. The van der Waals surface area contributed by atoms with Crippen LogP contribution >= 0.6 is 0 Å². The molecule has 1 saturated heterocycles. The fourth-order valence-corrected chi connectivity index (χ4v) is 4.92. The van der Waals surface area contributed by atoms with Crippen molar-refractivity contribution in [3.8, 4) is 11.1 Å². The molecule has 2 fully saturated rings. The first-order valence-corrected chi connectivity index (χ1v) is 10.7. The second-order valence-electron chi connectivity index (χ2n) is 8.45. The molecule has 6 nitrogen and oxygen atoms in total. The molecule has 2 aliphatic rings. The van der Waals surface area contributed by atoms with Gasteiger partial charge in [0.05, 0.1) is 18.6 Å². The van der Waals surface area contributed by atoms with E-state index in [0.29, 0.717) is 17.8 Å². The number of nitrogens with one attached hydrogen (secondary N) is 1. The minimum Gasteiger partial charge on any atom is -0.383 e. The van der Waals surface area contributed by atoms with Crippen molar-refractivity contribution in [2.75, 3.05) is 32.0 Å². The molecule has 0 unspecified atom stereocenters. The van der Waals surface area contributed by atoms with Gasteiger partial charge in [-0.05, 0) is 49.8 Å². The molecule has 1 aliphatic heterocycles. The van der Waals surface area contributed by atoms with Gasteiger partial charge in [0.2, 0.25) is 0 Å². The van der Waals surface area contributed by atoms with Crippen molar-refractivity contribution < 1.29 is 4.74 Å². The number of pyridine rings is 1. The zero-order valence-corrected chi connectivity index (χ0v) is 17.0. The number of rotatable bonds is 3. The zero-order chi connectivity index (χ0) is 19.8. The molecule has 29 heavy (non-hydrogen) atoms. The SMILES string of the molecule is Cc1ccc(-c2cc(C3CCC(N4CCOCC4)CC3)nc3n[nH]c(N)c23)cc1. The van der Waals surface area contributed by atoms with Crippen LogP contribution in [0.4, 0.5) is 5.82 Å². The van der Waals surface area contributed by atoms with Crippen molar-refractivity contribution in [2.45, 2.75) is 44.6 Å². The molecule has 1 saturated carbocycles. The predicted molar refractivity (Wildman–Crippen MR) is 116 cm³/mol. The van der Waals surface area contributed by atoms with Crippen molar-refractivity contribution in [3.63, 3.8) is 0 Å². The van der Waals surface area contributed by atoms with Crippen LogP contribution in [0.15, 0.2) is 30.3 Å². The third-order valence-electron chi connectivity index (χ3n) is 6.61. The highest BCUT2D eigenvalue weighted by Crippen LogP contribution is 2.38. The van der Waals surface area contributed by atoms with E-state index in [1.807, 2.05) is 0 Å². The van der Waals surface area contributed by atoms with Crippen molar-refractivity contribution in [2.24, 2.45) is 0 Å². The van der Waals surface area contributed by atoms with Gasteiger partial charge in [-0.3, -0.25) is 10.00 Å². The molecule has 0 radical (unpaired) electrons. The summed E-state index contributed by atoms with van der Waals surface area (Å²) in [7, 11) is 0. The Labute approximate surface area is 171 Å². The molecule has 6 heteroatoms. The van der Waals surface area contributed by atoms with Gasteiger partial charge in [0.25, 0.3) is 0 Å². The normalized spacial score (nSPS) is 23.5. The number of morpholine rings is 1. The van der Waals surface area contributed by atoms with Gasteiger partial charge in [-0.2, -0.15) is 5.10 Å². The van der Waals surface area contributed by atoms with Crippen LogP contribution in [0.2, 0.25) is 0 Å². The Morgan fingerprint density at radius 3 is 2.52 bits per heavy atom. The van der Waals surface area contributed by atoms with Crippen LogP contribution in [0.1, 0.15) is 42.9 Å². The Hall–Kier alpha value is -2.44. The van der Waals surface area contributed by atoms with Gasteiger partial charge >= 0.3 is 0 Å². The van der Waals surface area contributed by atoms with Gasteiger partial charge < -0.3 is 10.5 Å². The van der Waals surface area contributed by atoms with Crippen LogP contribution < -0.4 is 5.73 Å². The van der Waals surface area contributed by atoms with E-state index in [2.05, 4.69) is 52.4 Å². The van der Waals surface area contributed by atoms with E-state index in [4.69, 9.17) is 15.5 Å². The summed E-state index contributed by atoms with van der Waals surface area (Å²) in [5.74, 6) is 1.07. The van der Waals surface area contributed by atoms with Gasteiger partial charge in [0, 0.05) is 30.7 Å². The number of ether oxygens (including phenoxy) is 1. The summed E-state index contributed by atoms with van der Waals surface area (Å²) in [5, 5.41) is 8.24. The van der Waals surface area contributed by atoms with Crippen LogP contribution in [-0.2, 0) is 4.74 Å². The highest BCUT2D eigenvalue weighted by molar-refractivity contribution is 6.00. The van der Waals surface area contributed by atoms with Crippen LogP contribution in [0.5, 0.6) is 0 Å². The number of aryl methyl sites for hydroxylation is 1. The summed E-state index contributed by atoms with van der Waals surface area (Å²) in [6, 6.07) is 11.6. The Morgan fingerprint density at radius 1 is 1.07 bits per heavy atom. The number of H-pyrrole nitrogens is 1. The van der Waals surface area contributed by atoms with E-state index in [1.54, 1.807) is 0 Å². The third kappa shape index (κ3) is 3.63. The summed E-state index contributed by atoms with van der Waals surface area (Å²) in [4.78, 5) is 7.52. The van der Waals surface area contributed by atoms with Crippen molar-refractivity contribution >= 4 is 16.9 Å². The molecule has 3 N–H and O–H groups in total. The van der Waals surface area contributed by atoms with Crippen LogP contribution in [0.25, 0.3) is 22.2 Å². The molecular formula is C23H29N5O. The molecule has 152 valence electrons. The molecule has 3 heterocycles. The van der Waals surface area contributed by atoms with Crippen LogP contribution in [0, 0.1) is 6.92 Å². The maximum atomic E-state index is 6.20. The maximum absolute atomic E-state index is 6.20. The summed E-state index contributed by atoms with van der Waals surface area (Å²) in [6.45, 7) is 6.00. The quantitative estimate of drug-likeness (QED) is 0.708. The number of fused-ring (bicyclic) bond motifs is 1. The van der Waals surface area contributed by atoms with Gasteiger partial charge in [-0.25, -0.2) is 4.98 Å². The second-order valence-corrected chi connectivity index (χ2v) is 8.45. The van der Waals surface area contributed by atoms with Gasteiger partial charge in [-0.1, -0.05) is 29.8 Å². The maximum Gasteiger partial charge on any atom is 0.183 e. The van der Waals surface area contributed by atoms with E-state index in [0.717, 1.165) is 48.6 Å². The summed E-state index contributed by atoms with van der Waals surface area (Å²) in [6.07, 6.45) is 4.81. The number of nitrogens with two attached hydrogens (primary N) is 1. The van der Waals surface area contributed by atoms with Gasteiger partial charge in [0.1, 0.15) is 5.82 Å². The van der Waals surface area contributed by atoms with E-state index >= 15 is 0 Å². The summed E-state index contributed by atoms with van der Waals surface area (Å²) >= 11 is 0.